The zero-order valence-corrected chi connectivity index (χ0v) is 11.2. The van der Waals surface area contributed by atoms with Crippen LogP contribution in [0.4, 0.5) is 8.78 Å². The molecule has 0 saturated carbocycles. The van der Waals surface area contributed by atoms with Gasteiger partial charge in [0, 0.05) is 6.04 Å². The third kappa shape index (κ3) is 3.64. The number of rotatable bonds is 5. The fourth-order valence-corrected chi connectivity index (χ4v) is 3.09. The van der Waals surface area contributed by atoms with Gasteiger partial charge in [-0.15, -0.1) is 0 Å². The van der Waals surface area contributed by atoms with Crippen molar-refractivity contribution in [1.29, 1.82) is 0 Å². The van der Waals surface area contributed by atoms with Crippen molar-refractivity contribution in [2.24, 2.45) is 0 Å². The predicted molar refractivity (Wildman–Crippen MR) is 70.9 cm³/mol. The Kier molecular flexibility index (Phi) is 4.93. The summed E-state index contributed by atoms with van der Waals surface area (Å²) in [6.07, 6.45) is 8.82. The molecule has 0 aromatic carbocycles. The molecular weight excluding hydrogens is 232 g/mol. The Balaban J connectivity index is 1.84. The average molecular weight is 255 g/mol. The van der Waals surface area contributed by atoms with Gasteiger partial charge in [0.2, 0.25) is 0 Å². The first kappa shape index (κ1) is 13.7. The van der Waals surface area contributed by atoms with E-state index in [4.69, 9.17) is 0 Å². The largest absolute Gasteiger partial charge is 0.295 e. The van der Waals surface area contributed by atoms with E-state index in [9.17, 15) is 8.78 Å². The molecule has 2 rings (SSSR count). The molecule has 1 fully saturated rings. The molecule has 1 aliphatic carbocycles. The number of likely N-dealkylation sites (tertiary alicyclic amines) is 1. The zero-order chi connectivity index (χ0) is 13.0. The van der Waals surface area contributed by atoms with Crippen LogP contribution in [0.5, 0.6) is 0 Å². The molecule has 0 bridgehead atoms. The lowest BCUT2D eigenvalue weighted by molar-refractivity contribution is 0.0805. The molecule has 1 atom stereocenters. The molecular formula is C15H23F2N. The number of hydrogen-bond acceptors (Lipinski definition) is 1. The molecule has 0 aromatic rings. The molecule has 102 valence electrons. The number of allylic oxidation sites excluding steroid dienone is 4. The van der Waals surface area contributed by atoms with E-state index in [2.05, 4.69) is 19.1 Å². The highest BCUT2D eigenvalue weighted by atomic mass is 19.3. The second kappa shape index (κ2) is 6.46. The van der Waals surface area contributed by atoms with Crippen molar-refractivity contribution in [3.05, 3.63) is 23.3 Å². The Labute approximate surface area is 109 Å². The zero-order valence-electron chi connectivity index (χ0n) is 11.2. The topological polar surface area (TPSA) is 3.24 Å². The van der Waals surface area contributed by atoms with Gasteiger partial charge in [-0.05, 0) is 57.6 Å². The molecule has 2 aliphatic rings. The van der Waals surface area contributed by atoms with E-state index in [0.29, 0.717) is 6.04 Å². The maximum absolute atomic E-state index is 12.5. The molecule has 1 nitrogen and oxygen atoms in total. The van der Waals surface area contributed by atoms with Crippen LogP contribution in [0.15, 0.2) is 23.3 Å². The Bertz CT molecular complexity index is 333. The Morgan fingerprint density at radius 2 is 2.28 bits per heavy atom. The van der Waals surface area contributed by atoms with Crippen LogP contribution in [0, 0.1) is 0 Å². The molecule has 1 saturated heterocycles. The minimum Gasteiger partial charge on any atom is -0.295 e. The lowest BCUT2D eigenvalue weighted by Crippen LogP contribution is -2.33. The van der Waals surface area contributed by atoms with Gasteiger partial charge in [0.25, 0.3) is 6.43 Å². The number of alkyl halides is 2. The molecule has 18 heavy (non-hydrogen) atoms. The number of nitrogens with zero attached hydrogens (tertiary/aromatic N) is 1. The monoisotopic (exact) mass is 255 g/mol. The van der Waals surface area contributed by atoms with E-state index in [-0.39, 0.29) is 6.54 Å². The van der Waals surface area contributed by atoms with Crippen LogP contribution in [0.1, 0.15) is 45.4 Å². The van der Waals surface area contributed by atoms with Crippen LogP contribution >= 0.6 is 0 Å². The molecule has 0 N–H and O–H groups in total. The van der Waals surface area contributed by atoms with Gasteiger partial charge in [0.15, 0.2) is 0 Å². The summed E-state index contributed by atoms with van der Waals surface area (Å²) in [5.41, 5.74) is 2.92. The Hall–Kier alpha value is -0.700. The molecule has 0 unspecified atom stereocenters. The van der Waals surface area contributed by atoms with E-state index < -0.39 is 6.43 Å². The van der Waals surface area contributed by atoms with Crippen molar-refractivity contribution >= 4 is 0 Å². The molecule has 0 amide bonds. The third-order valence-electron chi connectivity index (χ3n) is 4.17. The van der Waals surface area contributed by atoms with Crippen LogP contribution in [0.2, 0.25) is 0 Å². The molecule has 0 radical (unpaired) electrons. The van der Waals surface area contributed by atoms with Crippen molar-refractivity contribution in [3.63, 3.8) is 0 Å². The van der Waals surface area contributed by atoms with Gasteiger partial charge >= 0.3 is 0 Å². The van der Waals surface area contributed by atoms with Crippen molar-refractivity contribution < 1.29 is 8.78 Å². The number of halogens is 2. The van der Waals surface area contributed by atoms with Gasteiger partial charge in [0.05, 0.1) is 6.54 Å². The number of hydrogen-bond donors (Lipinski definition) is 0. The van der Waals surface area contributed by atoms with Gasteiger partial charge in [-0.2, -0.15) is 0 Å². The first-order valence-corrected chi connectivity index (χ1v) is 7.04. The smallest absolute Gasteiger partial charge is 0.251 e. The first-order chi connectivity index (χ1) is 8.66. The van der Waals surface area contributed by atoms with E-state index in [1.807, 2.05) is 4.90 Å². The summed E-state index contributed by atoms with van der Waals surface area (Å²) in [5, 5.41) is 0. The van der Waals surface area contributed by atoms with E-state index in [0.717, 1.165) is 45.1 Å². The van der Waals surface area contributed by atoms with Gasteiger partial charge < -0.3 is 0 Å². The minimum atomic E-state index is -2.19. The van der Waals surface area contributed by atoms with Crippen LogP contribution in [-0.2, 0) is 0 Å². The van der Waals surface area contributed by atoms with Gasteiger partial charge in [-0.1, -0.05) is 17.7 Å². The quantitative estimate of drug-likeness (QED) is 0.713. The van der Waals surface area contributed by atoms with Crippen molar-refractivity contribution in [2.45, 2.75) is 57.9 Å². The average Bonchev–Trinajstić information content (AvgIpc) is 2.75. The fraction of sp³-hybridized carbons (Fsp3) is 0.733. The standard InChI is InChI=1S/C15H23F2N/c1-12-5-2-3-6-13(12)8-9-14-7-4-10-18(14)11-15(16)17/h3,6,14-15H,2,4-5,7-11H2,1H3/t14-/m1/s1. The second-order valence-electron chi connectivity index (χ2n) is 5.47. The van der Waals surface area contributed by atoms with Crippen molar-refractivity contribution in [2.75, 3.05) is 13.1 Å². The maximum Gasteiger partial charge on any atom is 0.251 e. The van der Waals surface area contributed by atoms with E-state index in [1.54, 1.807) is 0 Å². The van der Waals surface area contributed by atoms with Crippen molar-refractivity contribution in [3.8, 4) is 0 Å². The highest BCUT2D eigenvalue weighted by Gasteiger charge is 2.26. The van der Waals surface area contributed by atoms with Gasteiger partial charge in [0.1, 0.15) is 0 Å². The second-order valence-corrected chi connectivity index (χ2v) is 5.47. The molecule has 0 aromatic heterocycles. The summed E-state index contributed by atoms with van der Waals surface area (Å²) < 4.78 is 24.9. The normalized spacial score (nSPS) is 25.4. The minimum absolute atomic E-state index is 0.0431. The van der Waals surface area contributed by atoms with E-state index >= 15 is 0 Å². The molecule has 0 spiro atoms. The Morgan fingerprint density at radius 3 is 3.00 bits per heavy atom. The molecule has 3 heteroatoms. The maximum atomic E-state index is 12.5. The van der Waals surface area contributed by atoms with Gasteiger partial charge in [-0.25, -0.2) is 8.78 Å². The van der Waals surface area contributed by atoms with Gasteiger partial charge in [-0.3, -0.25) is 4.90 Å². The fourth-order valence-electron chi connectivity index (χ4n) is 3.09. The SMILES string of the molecule is CC1=C(CC[C@H]2CCCN2CC(F)F)C=CCC1. The van der Waals surface area contributed by atoms with Crippen molar-refractivity contribution in [1.82, 2.24) is 4.90 Å². The molecule has 1 heterocycles. The van der Waals surface area contributed by atoms with E-state index in [1.165, 1.54) is 11.1 Å². The predicted octanol–water partition coefficient (Wildman–Crippen LogP) is 4.16. The summed E-state index contributed by atoms with van der Waals surface area (Å²) in [4.78, 5) is 1.98. The lowest BCUT2D eigenvalue weighted by Gasteiger charge is -2.24. The Morgan fingerprint density at radius 1 is 1.44 bits per heavy atom. The summed E-state index contributed by atoms with van der Waals surface area (Å²) in [6.45, 7) is 3.01. The highest BCUT2D eigenvalue weighted by molar-refractivity contribution is 5.28. The summed E-state index contributed by atoms with van der Waals surface area (Å²) >= 11 is 0. The first-order valence-electron chi connectivity index (χ1n) is 7.04. The van der Waals surface area contributed by atoms with Crippen LogP contribution in [0.25, 0.3) is 0 Å². The van der Waals surface area contributed by atoms with Crippen LogP contribution < -0.4 is 0 Å². The third-order valence-corrected chi connectivity index (χ3v) is 4.17. The van der Waals surface area contributed by atoms with Crippen LogP contribution in [-0.4, -0.2) is 30.5 Å². The summed E-state index contributed by atoms with van der Waals surface area (Å²) in [6, 6.07) is 0.370. The lowest BCUT2D eigenvalue weighted by atomic mass is 9.94. The highest BCUT2D eigenvalue weighted by Crippen LogP contribution is 2.27. The summed E-state index contributed by atoms with van der Waals surface area (Å²) in [7, 11) is 0. The molecule has 1 aliphatic heterocycles. The van der Waals surface area contributed by atoms with Crippen LogP contribution in [0.3, 0.4) is 0 Å². The summed E-state index contributed by atoms with van der Waals surface area (Å²) in [5.74, 6) is 0.